The van der Waals surface area contributed by atoms with Crippen molar-refractivity contribution >= 4 is 26.8 Å². The maximum atomic E-state index is 12.0. The summed E-state index contributed by atoms with van der Waals surface area (Å²) >= 11 is 0. The van der Waals surface area contributed by atoms with Gasteiger partial charge in [-0.25, -0.2) is 13.2 Å². The van der Waals surface area contributed by atoms with Gasteiger partial charge < -0.3 is 9.73 Å². The molecule has 22 heavy (non-hydrogen) atoms. The van der Waals surface area contributed by atoms with E-state index in [0.29, 0.717) is 24.1 Å². The second kappa shape index (κ2) is 5.60. The quantitative estimate of drug-likeness (QED) is 0.863. The summed E-state index contributed by atoms with van der Waals surface area (Å²) < 4.78 is 29.0. The molecule has 7 nitrogen and oxygen atoms in total. The second-order valence-corrected chi connectivity index (χ2v) is 7.72. The molecule has 1 fully saturated rings. The summed E-state index contributed by atoms with van der Waals surface area (Å²) in [5.41, 5.74) is 0.994. The number of nitrogens with zero attached hydrogens (tertiary/aromatic N) is 1. The third-order valence-electron chi connectivity index (χ3n) is 3.79. The van der Waals surface area contributed by atoms with E-state index in [4.69, 9.17) is 4.42 Å². The summed E-state index contributed by atoms with van der Waals surface area (Å²) in [7, 11) is -2.95. The van der Waals surface area contributed by atoms with Crippen LogP contribution in [0.4, 0.5) is 0 Å². The summed E-state index contributed by atoms with van der Waals surface area (Å²) in [4.78, 5) is 23.7. The lowest BCUT2D eigenvalue weighted by Gasteiger charge is -2.09. The summed E-state index contributed by atoms with van der Waals surface area (Å²) in [6.07, 6.45) is 0.567. The molecule has 118 valence electrons. The number of benzene rings is 1. The van der Waals surface area contributed by atoms with Gasteiger partial charge in [0, 0.05) is 6.54 Å². The lowest BCUT2D eigenvalue weighted by atomic mass is 10.1. The summed E-state index contributed by atoms with van der Waals surface area (Å²) in [6.45, 7) is 0.165. The molecule has 1 N–H and O–H groups in total. The molecule has 0 aliphatic carbocycles. The van der Waals surface area contributed by atoms with Gasteiger partial charge in [-0.1, -0.05) is 12.1 Å². The molecule has 8 heteroatoms. The van der Waals surface area contributed by atoms with Crippen LogP contribution in [-0.4, -0.2) is 36.9 Å². The Labute approximate surface area is 126 Å². The minimum atomic E-state index is -2.95. The van der Waals surface area contributed by atoms with Crippen LogP contribution in [0.2, 0.25) is 0 Å². The molecule has 0 unspecified atom stereocenters. The lowest BCUT2D eigenvalue weighted by Crippen LogP contribution is -2.34. The van der Waals surface area contributed by atoms with Gasteiger partial charge in [-0.05, 0) is 24.5 Å². The van der Waals surface area contributed by atoms with E-state index in [-0.39, 0.29) is 29.9 Å². The standard InChI is InChI=1S/C14H16N2O5S/c17-13(15-7-10-5-6-22(19,20)9-10)8-16-11-3-1-2-4-12(11)21-14(16)18/h1-4,10H,5-9H2,(H,15,17)/t10-/m0/s1. The van der Waals surface area contributed by atoms with Crippen molar-refractivity contribution in [2.45, 2.75) is 13.0 Å². The molecule has 1 aromatic heterocycles. The highest BCUT2D eigenvalue weighted by molar-refractivity contribution is 7.91. The van der Waals surface area contributed by atoms with E-state index in [0.717, 1.165) is 0 Å². The monoisotopic (exact) mass is 324 g/mol. The molecule has 1 aromatic carbocycles. The van der Waals surface area contributed by atoms with Crippen molar-refractivity contribution in [1.82, 2.24) is 9.88 Å². The maximum absolute atomic E-state index is 12.0. The topological polar surface area (TPSA) is 98.4 Å². The van der Waals surface area contributed by atoms with Crippen LogP contribution in [0.3, 0.4) is 0 Å². The zero-order valence-electron chi connectivity index (χ0n) is 11.8. The van der Waals surface area contributed by atoms with Gasteiger partial charge in [-0.3, -0.25) is 9.36 Å². The van der Waals surface area contributed by atoms with Crippen LogP contribution in [0.1, 0.15) is 6.42 Å². The SMILES string of the molecule is O=C(Cn1c(=O)oc2ccccc21)NC[C@@H]1CCS(=O)(=O)C1. The predicted molar refractivity (Wildman–Crippen MR) is 80.2 cm³/mol. The highest BCUT2D eigenvalue weighted by Crippen LogP contribution is 2.17. The van der Waals surface area contributed by atoms with Crippen LogP contribution in [0, 0.1) is 5.92 Å². The molecular formula is C14H16N2O5S. The Hall–Kier alpha value is -2.09. The molecule has 0 radical (unpaired) electrons. The van der Waals surface area contributed by atoms with Crippen molar-refractivity contribution in [1.29, 1.82) is 0 Å². The van der Waals surface area contributed by atoms with E-state index in [1.54, 1.807) is 24.3 Å². The van der Waals surface area contributed by atoms with E-state index < -0.39 is 15.6 Å². The zero-order chi connectivity index (χ0) is 15.7. The highest BCUT2D eigenvalue weighted by atomic mass is 32.2. The largest absolute Gasteiger partial charge is 0.420 e. The number of fused-ring (bicyclic) bond motifs is 1. The molecule has 1 saturated heterocycles. The number of aromatic nitrogens is 1. The Morgan fingerprint density at radius 2 is 2.14 bits per heavy atom. The van der Waals surface area contributed by atoms with Crippen molar-refractivity contribution in [2.24, 2.45) is 5.92 Å². The van der Waals surface area contributed by atoms with E-state index in [1.165, 1.54) is 4.57 Å². The average Bonchev–Trinajstić information content (AvgIpc) is 2.97. The fourth-order valence-corrected chi connectivity index (χ4v) is 4.52. The van der Waals surface area contributed by atoms with E-state index in [1.807, 2.05) is 0 Å². The van der Waals surface area contributed by atoms with Crippen molar-refractivity contribution in [3.05, 3.63) is 34.8 Å². The minimum Gasteiger partial charge on any atom is -0.408 e. The summed E-state index contributed by atoms with van der Waals surface area (Å²) in [5, 5.41) is 2.69. The maximum Gasteiger partial charge on any atom is 0.420 e. The fraction of sp³-hybridized carbons (Fsp3) is 0.429. The number of para-hydroxylation sites is 2. The smallest absolute Gasteiger partial charge is 0.408 e. The van der Waals surface area contributed by atoms with Crippen molar-refractivity contribution in [3.63, 3.8) is 0 Å². The van der Waals surface area contributed by atoms with Crippen LogP contribution >= 0.6 is 0 Å². The fourth-order valence-electron chi connectivity index (χ4n) is 2.65. The normalized spacial score (nSPS) is 20.3. The van der Waals surface area contributed by atoms with Crippen LogP contribution in [-0.2, 0) is 21.2 Å². The summed E-state index contributed by atoms with van der Waals surface area (Å²) in [6, 6.07) is 6.87. The van der Waals surface area contributed by atoms with Crippen molar-refractivity contribution in [2.75, 3.05) is 18.1 Å². The summed E-state index contributed by atoms with van der Waals surface area (Å²) in [5.74, 6) is -0.675. The number of hydrogen-bond donors (Lipinski definition) is 1. The minimum absolute atomic E-state index is 0.0493. The second-order valence-electron chi connectivity index (χ2n) is 5.49. The van der Waals surface area contributed by atoms with Crippen LogP contribution < -0.4 is 11.1 Å². The molecule has 2 heterocycles. The van der Waals surface area contributed by atoms with E-state index in [9.17, 15) is 18.0 Å². The number of amides is 1. The van der Waals surface area contributed by atoms with Gasteiger partial charge in [0.25, 0.3) is 0 Å². The highest BCUT2D eigenvalue weighted by Gasteiger charge is 2.28. The zero-order valence-corrected chi connectivity index (χ0v) is 12.6. The number of carbonyl (C=O) groups excluding carboxylic acids is 1. The first-order valence-corrected chi connectivity index (χ1v) is 8.82. The third-order valence-corrected chi connectivity index (χ3v) is 5.63. The predicted octanol–water partition coefficient (Wildman–Crippen LogP) is 0.145. The van der Waals surface area contributed by atoms with Crippen LogP contribution in [0.15, 0.2) is 33.5 Å². The molecule has 0 bridgehead atoms. The molecule has 1 aliphatic heterocycles. The number of oxazole rings is 1. The Kier molecular flexibility index (Phi) is 3.78. The molecular weight excluding hydrogens is 308 g/mol. The number of rotatable bonds is 4. The molecule has 0 saturated carbocycles. The van der Waals surface area contributed by atoms with Gasteiger partial charge in [0.2, 0.25) is 5.91 Å². The van der Waals surface area contributed by atoms with Crippen molar-refractivity contribution in [3.8, 4) is 0 Å². The van der Waals surface area contributed by atoms with Gasteiger partial charge in [-0.15, -0.1) is 0 Å². The molecule has 0 spiro atoms. The van der Waals surface area contributed by atoms with Gasteiger partial charge in [0.15, 0.2) is 15.4 Å². The molecule has 1 atom stereocenters. The first-order valence-electron chi connectivity index (χ1n) is 7.00. The Morgan fingerprint density at radius 3 is 2.86 bits per heavy atom. The Bertz CT molecular complexity index is 865. The number of hydrogen-bond acceptors (Lipinski definition) is 5. The van der Waals surface area contributed by atoms with Gasteiger partial charge >= 0.3 is 5.76 Å². The first-order chi connectivity index (χ1) is 10.4. The Morgan fingerprint density at radius 1 is 1.36 bits per heavy atom. The number of carbonyl (C=O) groups is 1. The third kappa shape index (κ3) is 3.06. The molecule has 1 aliphatic rings. The Balaban J connectivity index is 1.64. The van der Waals surface area contributed by atoms with Crippen molar-refractivity contribution < 1.29 is 17.6 Å². The van der Waals surface area contributed by atoms with Gasteiger partial charge in [0.1, 0.15) is 6.54 Å². The number of nitrogens with one attached hydrogen (secondary N) is 1. The van der Waals surface area contributed by atoms with Gasteiger partial charge in [-0.2, -0.15) is 0 Å². The lowest BCUT2D eigenvalue weighted by molar-refractivity contribution is -0.121. The van der Waals surface area contributed by atoms with Gasteiger partial charge in [0.05, 0.1) is 17.0 Å². The van der Waals surface area contributed by atoms with E-state index >= 15 is 0 Å². The first kappa shape index (κ1) is 14.8. The van der Waals surface area contributed by atoms with Crippen LogP contribution in [0.25, 0.3) is 11.1 Å². The molecule has 3 rings (SSSR count). The van der Waals surface area contributed by atoms with Crippen LogP contribution in [0.5, 0.6) is 0 Å². The molecule has 1 amide bonds. The van der Waals surface area contributed by atoms with E-state index in [2.05, 4.69) is 5.32 Å². The average molecular weight is 324 g/mol. The molecule has 2 aromatic rings. The number of sulfone groups is 1.